The molecule has 1 aromatic carbocycles. The van der Waals surface area contributed by atoms with Gasteiger partial charge in [0.25, 0.3) is 0 Å². The van der Waals surface area contributed by atoms with Gasteiger partial charge in [0.1, 0.15) is 6.33 Å². The second-order valence-electron chi connectivity index (χ2n) is 5.02. The van der Waals surface area contributed by atoms with Crippen molar-refractivity contribution in [3.63, 3.8) is 0 Å². The van der Waals surface area contributed by atoms with Crippen LogP contribution in [0.1, 0.15) is 6.42 Å². The van der Waals surface area contributed by atoms with Gasteiger partial charge in [0.2, 0.25) is 11.8 Å². The number of hydrogen-bond acceptors (Lipinski definition) is 4. The normalized spacial score (nSPS) is 17.6. The Morgan fingerprint density at radius 3 is 3.00 bits per heavy atom. The SMILES string of the molecule is Cn1cnc(-c2cccc(NC(=O)[C@@H]3CNC(=O)C3)c2)n1. The molecule has 0 saturated carbocycles. The maximum absolute atomic E-state index is 12.1. The molecule has 1 saturated heterocycles. The summed E-state index contributed by atoms with van der Waals surface area (Å²) in [6, 6.07) is 7.33. The van der Waals surface area contributed by atoms with E-state index in [1.165, 1.54) is 0 Å². The minimum atomic E-state index is -0.311. The zero-order valence-electron chi connectivity index (χ0n) is 11.5. The van der Waals surface area contributed by atoms with E-state index in [1.807, 2.05) is 18.2 Å². The first kappa shape index (κ1) is 13.3. The molecule has 0 radical (unpaired) electrons. The van der Waals surface area contributed by atoms with Crippen LogP contribution in [0.2, 0.25) is 0 Å². The third kappa shape index (κ3) is 2.91. The molecule has 7 nitrogen and oxygen atoms in total. The Balaban J connectivity index is 1.74. The highest BCUT2D eigenvalue weighted by Crippen LogP contribution is 2.20. The number of amides is 2. The van der Waals surface area contributed by atoms with Gasteiger partial charge < -0.3 is 10.6 Å². The van der Waals surface area contributed by atoms with Crippen LogP contribution in [-0.2, 0) is 16.6 Å². The molecule has 0 aliphatic carbocycles. The van der Waals surface area contributed by atoms with Crippen LogP contribution in [-0.4, -0.2) is 33.1 Å². The number of aromatic nitrogens is 3. The third-order valence-electron chi connectivity index (χ3n) is 3.34. The van der Waals surface area contributed by atoms with Crippen molar-refractivity contribution in [3.8, 4) is 11.4 Å². The maximum Gasteiger partial charge on any atom is 0.229 e. The lowest BCUT2D eigenvalue weighted by Gasteiger charge is -2.09. The molecule has 0 unspecified atom stereocenters. The number of benzene rings is 1. The van der Waals surface area contributed by atoms with E-state index >= 15 is 0 Å². The summed E-state index contributed by atoms with van der Waals surface area (Å²) in [6.45, 7) is 0.395. The third-order valence-corrected chi connectivity index (χ3v) is 3.34. The van der Waals surface area contributed by atoms with Crippen LogP contribution in [0.5, 0.6) is 0 Å². The van der Waals surface area contributed by atoms with Gasteiger partial charge in [0.15, 0.2) is 5.82 Å². The van der Waals surface area contributed by atoms with E-state index in [2.05, 4.69) is 20.7 Å². The highest BCUT2D eigenvalue weighted by Gasteiger charge is 2.27. The number of rotatable bonds is 3. The smallest absolute Gasteiger partial charge is 0.229 e. The Morgan fingerprint density at radius 1 is 1.48 bits per heavy atom. The highest BCUT2D eigenvalue weighted by molar-refractivity contribution is 5.97. The number of nitrogens with one attached hydrogen (secondary N) is 2. The van der Waals surface area contributed by atoms with Crippen LogP contribution in [0.15, 0.2) is 30.6 Å². The second-order valence-corrected chi connectivity index (χ2v) is 5.02. The first-order valence-electron chi connectivity index (χ1n) is 6.65. The standard InChI is InChI=1S/C14H15N5O2/c1-19-8-16-13(18-19)9-3-2-4-11(5-9)17-14(21)10-6-12(20)15-7-10/h2-5,8,10H,6-7H2,1H3,(H,15,20)(H,17,21)/t10-/m0/s1. The van der Waals surface area contributed by atoms with E-state index in [0.717, 1.165) is 5.56 Å². The number of hydrogen-bond donors (Lipinski definition) is 2. The number of aryl methyl sites for hydroxylation is 1. The summed E-state index contributed by atoms with van der Waals surface area (Å²) >= 11 is 0. The minimum absolute atomic E-state index is 0.0819. The summed E-state index contributed by atoms with van der Waals surface area (Å²) in [4.78, 5) is 27.4. The van der Waals surface area contributed by atoms with Crippen molar-refractivity contribution in [1.82, 2.24) is 20.1 Å². The van der Waals surface area contributed by atoms with Gasteiger partial charge in [-0.1, -0.05) is 12.1 Å². The van der Waals surface area contributed by atoms with E-state index in [4.69, 9.17) is 0 Å². The first-order chi connectivity index (χ1) is 10.1. The molecular weight excluding hydrogens is 270 g/mol. The van der Waals surface area contributed by atoms with Gasteiger partial charge >= 0.3 is 0 Å². The van der Waals surface area contributed by atoms with Crippen molar-refractivity contribution in [2.24, 2.45) is 13.0 Å². The number of carbonyl (C=O) groups excluding carboxylic acids is 2. The van der Waals surface area contributed by atoms with Crippen molar-refractivity contribution in [2.45, 2.75) is 6.42 Å². The molecule has 7 heteroatoms. The molecule has 2 aromatic rings. The van der Waals surface area contributed by atoms with Crippen molar-refractivity contribution in [1.29, 1.82) is 0 Å². The van der Waals surface area contributed by atoms with Crippen LogP contribution < -0.4 is 10.6 Å². The van der Waals surface area contributed by atoms with E-state index < -0.39 is 0 Å². The van der Waals surface area contributed by atoms with Gasteiger partial charge in [0.05, 0.1) is 5.92 Å². The van der Waals surface area contributed by atoms with Gasteiger partial charge in [-0.25, -0.2) is 4.98 Å². The molecular formula is C14H15N5O2. The van der Waals surface area contributed by atoms with Gasteiger partial charge in [-0.2, -0.15) is 5.10 Å². The Bertz CT molecular complexity index is 694. The Morgan fingerprint density at radius 2 is 2.33 bits per heavy atom. The number of nitrogens with zero attached hydrogens (tertiary/aromatic N) is 3. The highest BCUT2D eigenvalue weighted by atomic mass is 16.2. The van der Waals surface area contributed by atoms with Crippen LogP contribution >= 0.6 is 0 Å². The zero-order chi connectivity index (χ0) is 14.8. The fourth-order valence-electron chi connectivity index (χ4n) is 2.24. The van der Waals surface area contributed by atoms with Crippen LogP contribution in [0.3, 0.4) is 0 Å². The molecule has 3 rings (SSSR count). The molecule has 1 aromatic heterocycles. The molecule has 2 amide bonds. The molecule has 1 aliphatic rings. The maximum atomic E-state index is 12.1. The van der Waals surface area contributed by atoms with E-state index in [1.54, 1.807) is 24.1 Å². The average molecular weight is 285 g/mol. The van der Waals surface area contributed by atoms with Crippen LogP contribution in [0.25, 0.3) is 11.4 Å². The van der Waals surface area contributed by atoms with E-state index in [0.29, 0.717) is 18.1 Å². The van der Waals surface area contributed by atoms with Crippen molar-refractivity contribution in [2.75, 3.05) is 11.9 Å². The summed E-state index contributed by atoms with van der Waals surface area (Å²) in [6.07, 6.45) is 1.86. The molecule has 108 valence electrons. The van der Waals surface area contributed by atoms with Gasteiger partial charge in [-0.05, 0) is 12.1 Å². The predicted octanol–water partition coefficient (Wildman–Crippen LogP) is 0.557. The van der Waals surface area contributed by atoms with Gasteiger partial charge in [-0.15, -0.1) is 0 Å². The quantitative estimate of drug-likeness (QED) is 0.862. The average Bonchev–Trinajstić information content (AvgIpc) is 3.08. The monoisotopic (exact) mass is 285 g/mol. The summed E-state index contributed by atoms with van der Waals surface area (Å²) < 4.78 is 1.62. The van der Waals surface area contributed by atoms with Crippen molar-refractivity contribution >= 4 is 17.5 Å². The Labute approximate surface area is 121 Å². The first-order valence-corrected chi connectivity index (χ1v) is 6.65. The molecule has 0 bridgehead atoms. The number of anilines is 1. The summed E-state index contributed by atoms with van der Waals surface area (Å²) in [5, 5.41) is 9.71. The van der Waals surface area contributed by atoms with Crippen LogP contribution in [0, 0.1) is 5.92 Å². The number of carbonyl (C=O) groups is 2. The lowest BCUT2D eigenvalue weighted by molar-refractivity contribution is -0.123. The second kappa shape index (κ2) is 5.35. The molecule has 1 aliphatic heterocycles. The minimum Gasteiger partial charge on any atom is -0.355 e. The summed E-state index contributed by atoms with van der Waals surface area (Å²) in [7, 11) is 1.80. The molecule has 0 spiro atoms. The molecule has 1 atom stereocenters. The topological polar surface area (TPSA) is 88.9 Å². The molecule has 2 N–H and O–H groups in total. The lowest BCUT2D eigenvalue weighted by atomic mass is 10.1. The Hall–Kier alpha value is -2.70. The lowest BCUT2D eigenvalue weighted by Crippen LogP contribution is -2.24. The molecule has 1 fully saturated rings. The van der Waals surface area contributed by atoms with Gasteiger partial charge in [-0.3, -0.25) is 14.3 Å². The van der Waals surface area contributed by atoms with E-state index in [-0.39, 0.29) is 24.2 Å². The predicted molar refractivity (Wildman–Crippen MR) is 76.2 cm³/mol. The summed E-state index contributed by atoms with van der Waals surface area (Å²) in [5.41, 5.74) is 1.50. The van der Waals surface area contributed by atoms with Gasteiger partial charge in [0, 0.05) is 31.3 Å². The largest absolute Gasteiger partial charge is 0.355 e. The van der Waals surface area contributed by atoms with Crippen molar-refractivity contribution < 1.29 is 9.59 Å². The molecule has 21 heavy (non-hydrogen) atoms. The van der Waals surface area contributed by atoms with E-state index in [9.17, 15) is 9.59 Å². The molecule has 2 heterocycles. The van der Waals surface area contributed by atoms with Crippen molar-refractivity contribution in [3.05, 3.63) is 30.6 Å². The Kier molecular flexibility index (Phi) is 3.39. The fraction of sp³-hybridized carbons (Fsp3) is 0.286. The summed E-state index contributed by atoms with van der Waals surface area (Å²) in [5.74, 6) is 0.0570. The zero-order valence-corrected chi connectivity index (χ0v) is 11.5. The van der Waals surface area contributed by atoms with Crippen LogP contribution in [0.4, 0.5) is 5.69 Å². The fourth-order valence-corrected chi connectivity index (χ4v) is 2.24.